The number of aliphatic carboxylic acids is 1. The molecule has 0 saturated carbocycles. The molecule has 1 aromatic rings. The van der Waals surface area contributed by atoms with Crippen molar-refractivity contribution in [2.45, 2.75) is 104 Å². The molecule has 0 aromatic heterocycles. The molecule has 0 unspecified atom stereocenters. The highest BCUT2D eigenvalue weighted by Gasteiger charge is 2.42. The van der Waals surface area contributed by atoms with E-state index in [4.69, 9.17) is 0 Å². The molecule has 310 valence electrons. The van der Waals surface area contributed by atoms with Gasteiger partial charge in [0.1, 0.15) is 12.1 Å². The Hall–Kier alpha value is -5.06. The minimum Gasteiger partial charge on any atom is -0.480 e. The van der Waals surface area contributed by atoms with Crippen molar-refractivity contribution in [3.8, 4) is 0 Å². The standard InChI is InChI=1S/C39H55F3N6O8/c1-22(2)27(20-23(3)33(52)45-26(36(55)56)14-15-28(49)44-18-19-48-29(50)16-17-30(48)51)47(10)35(54)32(37(4,5)6)46-34(53)31(43-9)38(7,8)24-12-11-13-25(21-24)39(40,41)42/h11-13,16-17,20-22,26-27,31-32,43H,14-15,18-19H2,1-10H3,(H,44,49)(H,45,52)(H,46,53)(H,55,56)/b23-20+/t26-,27-,31-,32-/m1/s1. The van der Waals surface area contributed by atoms with Crippen LogP contribution in [-0.4, -0.2) is 108 Å². The van der Waals surface area contributed by atoms with Crippen molar-refractivity contribution in [3.05, 3.63) is 59.2 Å². The van der Waals surface area contributed by atoms with Gasteiger partial charge in [-0.1, -0.05) is 72.7 Å². The van der Waals surface area contributed by atoms with E-state index in [9.17, 15) is 51.8 Å². The number of likely N-dealkylation sites (N-methyl/N-ethyl adjacent to an activating group) is 2. The summed E-state index contributed by atoms with van der Waals surface area (Å²) < 4.78 is 40.6. The van der Waals surface area contributed by atoms with Crippen molar-refractivity contribution in [1.82, 2.24) is 31.1 Å². The van der Waals surface area contributed by atoms with Crippen molar-refractivity contribution in [2.75, 3.05) is 27.2 Å². The fourth-order valence-electron chi connectivity index (χ4n) is 6.24. The first-order valence-corrected chi connectivity index (χ1v) is 18.2. The molecule has 4 atom stereocenters. The normalized spacial score (nSPS) is 16.0. The van der Waals surface area contributed by atoms with Crippen LogP contribution < -0.4 is 21.3 Å². The van der Waals surface area contributed by atoms with E-state index < -0.39 is 88.1 Å². The van der Waals surface area contributed by atoms with Gasteiger partial charge >= 0.3 is 12.1 Å². The Kier molecular flexibility index (Phi) is 16.1. The van der Waals surface area contributed by atoms with Crippen molar-refractivity contribution in [1.29, 1.82) is 0 Å². The van der Waals surface area contributed by atoms with E-state index in [1.165, 1.54) is 44.1 Å². The van der Waals surface area contributed by atoms with Crippen molar-refractivity contribution in [3.63, 3.8) is 0 Å². The maximum absolute atomic E-state index is 14.2. The number of rotatable bonds is 18. The summed E-state index contributed by atoms with van der Waals surface area (Å²) >= 11 is 0. The molecule has 1 aliphatic rings. The number of hydrogen-bond donors (Lipinski definition) is 5. The lowest BCUT2D eigenvalue weighted by atomic mass is 9.76. The Bertz CT molecular complexity index is 1700. The lowest BCUT2D eigenvalue weighted by molar-refractivity contribution is -0.142. The van der Waals surface area contributed by atoms with Crippen LogP contribution in [0, 0.1) is 11.3 Å². The summed E-state index contributed by atoms with van der Waals surface area (Å²) in [7, 11) is 3.01. The van der Waals surface area contributed by atoms with E-state index in [2.05, 4.69) is 21.3 Å². The third-order valence-electron chi connectivity index (χ3n) is 9.68. The van der Waals surface area contributed by atoms with Crippen LogP contribution in [0.3, 0.4) is 0 Å². The van der Waals surface area contributed by atoms with Crippen LogP contribution in [0.25, 0.3) is 0 Å². The zero-order valence-electron chi connectivity index (χ0n) is 33.6. The SMILES string of the molecule is CN[C@H](C(=O)N[C@H](C(=O)N(C)[C@H](/C=C(\C)C(=O)N[C@H](CCC(=O)NCCN1C(=O)C=CC1=O)C(=O)O)C(C)C)C(C)(C)C)C(C)(C)c1cccc(C(F)(F)F)c1. The van der Waals surface area contributed by atoms with Gasteiger partial charge in [0.25, 0.3) is 11.8 Å². The maximum Gasteiger partial charge on any atom is 0.416 e. The second-order valence-electron chi connectivity index (χ2n) is 15.8. The first-order chi connectivity index (χ1) is 25.7. The highest BCUT2D eigenvalue weighted by atomic mass is 19.4. The number of carboxylic acid groups (broad SMARTS) is 1. The number of carbonyl (C=O) groups excluding carboxylic acids is 6. The number of carboxylic acids is 1. The van der Waals surface area contributed by atoms with Gasteiger partial charge in [-0.25, -0.2) is 4.79 Å². The number of amides is 6. The van der Waals surface area contributed by atoms with Gasteiger partial charge in [0.05, 0.1) is 17.6 Å². The van der Waals surface area contributed by atoms with E-state index in [1.54, 1.807) is 48.5 Å². The summed E-state index contributed by atoms with van der Waals surface area (Å²) in [6.07, 6.45) is -1.40. The first-order valence-electron chi connectivity index (χ1n) is 18.2. The number of nitrogens with zero attached hydrogens (tertiary/aromatic N) is 2. The van der Waals surface area contributed by atoms with E-state index in [-0.39, 0.29) is 43.0 Å². The van der Waals surface area contributed by atoms with Gasteiger partial charge in [0.15, 0.2) is 0 Å². The second kappa shape index (κ2) is 19.2. The second-order valence-corrected chi connectivity index (χ2v) is 15.8. The fourth-order valence-corrected chi connectivity index (χ4v) is 6.24. The molecule has 0 radical (unpaired) electrons. The van der Waals surface area contributed by atoms with Crippen LogP contribution in [0.1, 0.15) is 79.4 Å². The zero-order chi connectivity index (χ0) is 42.9. The Labute approximate surface area is 325 Å². The maximum atomic E-state index is 14.2. The van der Waals surface area contributed by atoms with Crippen LogP contribution >= 0.6 is 0 Å². The molecular formula is C39H55F3N6O8. The molecule has 0 spiro atoms. The molecule has 17 heteroatoms. The Balaban J connectivity index is 2.19. The summed E-state index contributed by atoms with van der Waals surface area (Å²) in [4.78, 5) is 91.3. The molecule has 1 aromatic carbocycles. The predicted octanol–water partition coefficient (Wildman–Crippen LogP) is 2.92. The molecule has 0 fully saturated rings. The van der Waals surface area contributed by atoms with Crippen LogP contribution in [0.15, 0.2) is 48.1 Å². The molecule has 6 amide bonds. The van der Waals surface area contributed by atoms with Crippen LogP contribution in [-0.2, 0) is 45.2 Å². The van der Waals surface area contributed by atoms with E-state index in [0.717, 1.165) is 29.2 Å². The third kappa shape index (κ3) is 12.5. The largest absolute Gasteiger partial charge is 0.480 e. The van der Waals surface area contributed by atoms with Crippen LogP contribution in [0.5, 0.6) is 0 Å². The number of alkyl halides is 3. The minimum atomic E-state index is -4.59. The van der Waals surface area contributed by atoms with E-state index >= 15 is 0 Å². The number of nitrogens with one attached hydrogen (secondary N) is 4. The molecular weight excluding hydrogens is 737 g/mol. The smallest absolute Gasteiger partial charge is 0.416 e. The highest BCUT2D eigenvalue weighted by Crippen LogP contribution is 2.35. The molecule has 1 aliphatic heterocycles. The van der Waals surface area contributed by atoms with Gasteiger partial charge < -0.3 is 31.3 Å². The molecule has 56 heavy (non-hydrogen) atoms. The average molecular weight is 793 g/mol. The molecule has 0 aliphatic carbocycles. The molecule has 2 rings (SSSR count). The summed E-state index contributed by atoms with van der Waals surface area (Å²) in [6.45, 7) is 13.4. The van der Waals surface area contributed by atoms with Gasteiger partial charge in [-0.15, -0.1) is 0 Å². The van der Waals surface area contributed by atoms with E-state index in [1.807, 2.05) is 0 Å². The molecule has 0 saturated heterocycles. The van der Waals surface area contributed by atoms with Crippen LogP contribution in [0.2, 0.25) is 0 Å². The zero-order valence-corrected chi connectivity index (χ0v) is 33.6. The predicted molar refractivity (Wildman–Crippen MR) is 202 cm³/mol. The summed E-state index contributed by atoms with van der Waals surface area (Å²) in [5.41, 5.74) is -2.52. The number of carbonyl (C=O) groups is 7. The fraction of sp³-hybridized carbons (Fsp3) is 0.564. The topological polar surface area (TPSA) is 194 Å². The van der Waals surface area contributed by atoms with Crippen LogP contribution in [0.4, 0.5) is 13.2 Å². The number of halogens is 3. The Morgan fingerprint density at radius 3 is 2.00 bits per heavy atom. The Morgan fingerprint density at radius 2 is 1.50 bits per heavy atom. The minimum absolute atomic E-state index is 0.0413. The summed E-state index contributed by atoms with van der Waals surface area (Å²) in [5.74, 6) is -5.09. The van der Waals surface area contributed by atoms with Gasteiger partial charge in [-0.2, -0.15) is 13.2 Å². The van der Waals surface area contributed by atoms with Gasteiger partial charge in [0.2, 0.25) is 23.6 Å². The van der Waals surface area contributed by atoms with Crippen molar-refractivity contribution >= 4 is 41.4 Å². The molecule has 5 N–H and O–H groups in total. The first kappa shape index (κ1) is 47.1. The monoisotopic (exact) mass is 792 g/mol. The number of hydrogen-bond acceptors (Lipinski definition) is 8. The number of benzene rings is 1. The van der Waals surface area contributed by atoms with Gasteiger partial charge in [0, 0.05) is 49.7 Å². The highest BCUT2D eigenvalue weighted by molar-refractivity contribution is 6.12. The molecule has 14 nitrogen and oxygen atoms in total. The summed E-state index contributed by atoms with van der Waals surface area (Å²) in [6, 6.07) is 0.392. The number of imide groups is 1. The van der Waals surface area contributed by atoms with Gasteiger partial charge in [-0.05, 0) is 43.4 Å². The Morgan fingerprint density at radius 1 is 0.929 bits per heavy atom. The lowest BCUT2D eigenvalue weighted by Gasteiger charge is -2.40. The van der Waals surface area contributed by atoms with E-state index in [0.29, 0.717) is 0 Å². The molecule has 1 heterocycles. The lowest BCUT2D eigenvalue weighted by Crippen LogP contribution is -2.61. The van der Waals surface area contributed by atoms with Crippen molar-refractivity contribution < 1.29 is 51.8 Å². The molecule has 0 bridgehead atoms. The average Bonchev–Trinajstić information content (AvgIpc) is 3.41. The summed E-state index contributed by atoms with van der Waals surface area (Å²) in [5, 5.41) is 20.4. The third-order valence-corrected chi connectivity index (χ3v) is 9.68. The quantitative estimate of drug-likeness (QED) is 0.110. The van der Waals surface area contributed by atoms with Gasteiger partial charge in [-0.3, -0.25) is 33.7 Å². The van der Waals surface area contributed by atoms with Crippen molar-refractivity contribution in [2.24, 2.45) is 11.3 Å².